The molecule has 0 bridgehead atoms. The number of hydrogen-bond acceptors (Lipinski definition) is 5. The van der Waals surface area contributed by atoms with Crippen LogP contribution in [-0.2, 0) is 6.54 Å². The highest BCUT2D eigenvalue weighted by Crippen LogP contribution is 2.36. The third-order valence-corrected chi connectivity index (χ3v) is 4.18. The molecule has 0 aromatic carbocycles. The van der Waals surface area contributed by atoms with Crippen LogP contribution in [0.4, 0.5) is 5.82 Å². The fraction of sp³-hybridized carbons (Fsp3) is 0.643. The van der Waals surface area contributed by atoms with Crippen LogP contribution in [0.15, 0.2) is 18.2 Å². The van der Waals surface area contributed by atoms with Gasteiger partial charge in [-0.25, -0.2) is 10.8 Å². The van der Waals surface area contributed by atoms with E-state index in [0.717, 1.165) is 24.6 Å². The number of nitrogens with zero attached hydrogens (tertiary/aromatic N) is 3. The van der Waals surface area contributed by atoms with Crippen molar-refractivity contribution in [3.05, 3.63) is 23.9 Å². The van der Waals surface area contributed by atoms with Gasteiger partial charge in [-0.15, -0.1) is 0 Å². The zero-order valence-corrected chi connectivity index (χ0v) is 12.2. The average Bonchev–Trinajstić information content (AvgIpc) is 2.33. The van der Waals surface area contributed by atoms with E-state index in [0.29, 0.717) is 5.54 Å². The second kappa shape index (κ2) is 5.86. The Morgan fingerprint density at radius 1 is 1.32 bits per heavy atom. The fourth-order valence-electron chi connectivity index (χ4n) is 2.81. The molecule has 0 amide bonds. The molecule has 0 saturated heterocycles. The Bertz CT molecular complexity index is 414. The maximum absolute atomic E-state index is 5.39. The first kappa shape index (κ1) is 14.2. The highest BCUT2D eigenvalue weighted by molar-refractivity contribution is 5.33. The van der Waals surface area contributed by atoms with Crippen molar-refractivity contribution < 1.29 is 0 Å². The standard InChI is InChI=1S/C14H25N5/c1-18(2)14(8-5-9-14)11-19(3)10-12-6-4-7-13(16-12)17-15/h4,6-7H,5,8-11,15H2,1-3H3,(H,16,17). The maximum atomic E-state index is 5.39. The summed E-state index contributed by atoms with van der Waals surface area (Å²) >= 11 is 0. The molecular formula is C14H25N5. The van der Waals surface area contributed by atoms with Crippen molar-refractivity contribution >= 4 is 5.82 Å². The molecule has 0 atom stereocenters. The zero-order chi connectivity index (χ0) is 13.9. The first-order valence-electron chi connectivity index (χ1n) is 6.84. The number of aromatic nitrogens is 1. The molecule has 1 saturated carbocycles. The number of hydrazine groups is 1. The average molecular weight is 263 g/mol. The lowest BCUT2D eigenvalue weighted by Gasteiger charge is -2.49. The normalized spacial score (nSPS) is 17.6. The quantitative estimate of drug-likeness (QED) is 0.598. The van der Waals surface area contributed by atoms with Crippen LogP contribution in [0, 0.1) is 0 Å². The highest BCUT2D eigenvalue weighted by Gasteiger charge is 2.39. The Morgan fingerprint density at radius 2 is 2.05 bits per heavy atom. The minimum atomic E-state index is 0.360. The lowest BCUT2D eigenvalue weighted by Crippen LogP contribution is -2.56. The first-order chi connectivity index (χ1) is 9.05. The van der Waals surface area contributed by atoms with E-state index < -0.39 is 0 Å². The summed E-state index contributed by atoms with van der Waals surface area (Å²) in [6.45, 7) is 1.94. The van der Waals surface area contributed by atoms with Crippen molar-refractivity contribution in [1.29, 1.82) is 0 Å². The Balaban J connectivity index is 1.95. The molecule has 1 aromatic rings. The largest absolute Gasteiger partial charge is 0.308 e. The van der Waals surface area contributed by atoms with E-state index >= 15 is 0 Å². The van der Waals surface area contributed by atoms with E-state index in [1.165, 1.54) is 19.3 Å². The van der Waals surface area contributed by atoms with Gasteiger partial charge in [0.15, 0.2) is 0 Å². The van der Waals surface area contributed by atoms with Gasteiger partial charge in [-0.3, -0.25) is 4.90 Å². The lowest BCUT2D eigenvalue weighted by atomic mass is 9.75. The van der Waals surface area contributed by atoms with Crippen molar-refractivity contribution in [2.45, 2.75) is 31.3 Å². The van der Waals surface area contributed by atoms with Crippen LogP contribution in [0.3, 0.4) is 0 Å². The van der Waals surface area contributed by atoms with Crippen LogP contribution in [0.25, 0.3) is 0 Å². The van der Waals surface area contributed by atoms with Gasteiger partial charge in [-0.2, -0.15) is 0 Å². The third-order valence-electron chi connectivity index (χ3n) is 4.18. The minimum absolute atomic E-state index is 0.360. The number of rotatable bonds is 6. The van der Waals surface area contributed by atoms with Gasteiger partial charge in [0.1, 0.15) is 5.82 Å². The van der Waals surface area contributed by atoms with E-state index in [1.54, 1.807) is 0 Å². The van der Waals surface area contributed by atoms with Crippen LogP contribution in [0.1, 0.15) is 25.0 Å². The number of nitrogens with one attached hydrogen (secondary N) is 1. The van der Waals surface area contributed by atoms with Gasteiger partial charge in [0.25, 0.3) is 0 Å². The lowest BCUT2D eigenvalue weighted by molar-refractivity contribution is 0.0256. The Labute approximate surface area is 115 Å². The van der Waals surface area contributed by atoms with Gasteiger partial charge in [-0.05, 0) is 52.5 Å². The summed E-state index contributed by atoms with van der Waals surface area (Å²) in [6, 6.07) is 5.90. The van der Waals surface area contributed by atoms with Crippen LogP contribution in [-0.4, -0.2) is 48.0 Å². The van der Waals surface area contributed by atoms with Crippen molar-refractivity contribution in [3.63, 3.8) is 0 Å². The van der Waals surface area contributed by atoms with E-state index in [1.807, 2.05) is 18.2 Å². The number of nitrogen functional groups attached to an aromatic ring is 1. The second-order valence-electron chi connectivity index (χ2n) is 5.80. The Morgan fingerprint density at radius 3 is 2.58 bits per heavy atom. The first-order valence-corrected chi connectivity index (χ1v) is 6.84. The number of hydrogen-bond donors (Lipinski definition) is 2. The number of likely N-dealkylation sites (N-methyl/N-ethyl adjacent to an activating group) is 2. The molecule has 3 N–H and O–H groups in total. The third kappa shape index (κ3) is 3.23. The van der Waals surface area contributed by atoms with E-state index in [4.69, 9.17) is 5.84 Å². The molecule has 5 heteroatoms. The van der Waals surface area contributed by atoms with Crippen molar-refractivity contribution in [2.24, 2.45) is 5.84 Å². The van der Waals surface area contributed by atoms with E-state index in [9.17, 15) is 0 Å². The Kier molecular flexibility index (Phi) is 4.39. The molecule has 0 aliphatic heterocycles. The Hall–Kier alpha value is -1.17. The monoisotopic (exact) mass is 263 g/mol. The van der Waals surface area contributed by atoms with Gasteiger partial charge < -0.3 is 10.3 Å². The molecule has 106 valence electrons. The van der Waals surface area contributed by atoms with Crippen LogP contribution in [0.2, 0.25) is 0 Å². The van der Waals surface area contributed by atoms with Gasteiger partial charge in [-0.1, -0.05) is 6.07 Å². The van der Waals surface area contributed by atoms with Gasteiger partial charge >= 0.3 is 0 Å². The summed E-state index contributed by atoms with van der Waals surface area (Å²) in [5.41, 5.74) is 4.00. The zero-order valence-electron chi connectivity index (χ0n) is 12.2. The van der Waals surface area contributed by atoms with Crippen molar-refractivity contribution in [3.8, 4) is 0 Å². The van der Waals surface area contributed by atoms with E-state index in [2.05, 4.69) is 41.4 Å². The van der Waals surface area contributed by atoms with E-state index in [-0.39, 0.29) is 0 Å². The smallest absolute Gasteiger partial charge is 0.140 e. The molecule has 19 heavy (non-hydrogen) atoms. The molecule has 1 aliphatic rings. The number of pyridine rings is 1. The molecule has 1 aromatic heterocycles. The predicted molar refractivity (Wildman–Crippen MR) is 78.7 cm³/mol. The predicted octanol–water partition coefficient (Wildman–Crippen LogP) is 1.28. The second-order valence-corrected chi connectivity index (χ2v) is 5.80. The number of anilines is 1. The molecule has 1 fully saturated rings. The van der Waals surface area contributed by atoms with Crippen LogP contribution in [0.5, 0.6) is 0 Å². The van der Waals surface area contributed by atoms with Crippen LogP contribution < -0.4 is 11.3 Å². The molecule has 1 aliphatic carbocycles. The summed E-state index contributed by atoms with van der Waals surface area (Å²) in [4.78, 5) is 9.18. The highest BCUT2D eigenvalue weighted by atomic mass is 15.3. The topological polar surface area (TPSA) is 57.4 Å². The maximum Gasteiger partial charge on any atom is 0.140 e. The SMILES string of the molecule is CN(Cc1cccc(NN)n1)CC1(N(C)C)CCC1. The number of nitrogens with two attached hydrogens (primary N) is 1. The summed E-state index contributed by atoms with van der Waals surface area (Å²) in [7, 11) is 6.53. The molecule has 0 radical (unpaired) electrons. The summed E-state index contributed by atoms with van der Waals surface area (Å²) in [5.74, 6) is 6.11. The summed E-state index contributed by atoms with van der Waals surface area (Å²) < 4.78 is 0. The summed E-state index contributed by atoms with van der Waals surface area (Å²) in [6.07, 6.45) is 3.93. The minimum Gasteiger partial charge on any atom is -0.308 e. The molecule has 0 unspecified atom stereocenters. The molecule has 2 rings (SSSR count). The van der Waals surface area contributed by atoms with Crippen molar-refractivity contribution in [2.75, 3.05) is 33.1 Å². The van der Waals surface area contributed by atoms with Crippen LogP contribution >= 0.6 is 0 Å². The van der Waals surface area contributed by atoms with Gasteiger partial charge in [0.05, 0.1) is 5.69 Å². The van der Waals surface area contributed by atoms with Crippen molar-refractivity contribution in [1.82, 2.24) is 14.8 Å². The molecular weight excluding hydrogens is 238 g/mol. The molecule has 0 spiro atoms. The molecule has 1 heterocycles. The van der Waals surface area contributed by atoms with Gasteiger partial charge in [0.2, 0.25) is 0 Å². The van der Waals surface area contributed by atoms with Gasteiger partial charge in [0, 0.05) is 18.6 Å². The molecule has 5 nitrogen and oxygen atoms in total. The summed E-state index contributed by atoms with van der Waals surface area (Å²) in [5, 5.41) is 0. The fourth-order valence-corrected chi connectivity index (χ4v) is 2.81.